The van der Waals surface area contributed by atoms with Crippen molar-refractivity contribution in [2.24, 2.45) is 5.14 Å². The second-order valence-electron chi connectivity index (χ2n) is 2.82. The predicted octanol–water partition coefficient (Wildman–Crippen LogP) is -0.605. The van der Waals surface area contributed by atoms with E-state index in [1.807, 2.05) is 0 Å². The van der Waals surface area contributed by atoms with Crippen molar-refractivity contribution in [2.45, 2.75) is 19.1 Å². The van der Waals surface area contributed by atoms with Gasteiger partial charge in [-0.2, -0.15) is 12.7 Å². The van der Waals surface area contributed by atoms with E-state index >= 15 is 0 Å². The predicted molar refractivity (Wildman–Crippen MR) is 46.3 cm³/mol. The number of hydrogen-bond donors (Lipinski definition) is 1. The third kappa shape index (κ3) is 2.56. The van der Waals surface area contributed by atoms with Gasteiger partial charge in [0.2, 0.25) is 0 Å². The minimum atomic E-state index is -3.81. The third-order valence-electron chi connectivity index (χ3n) is 1.88. The lowest BCUT2D eigenvalue weighted by atomic mass is 10.4. The van der Waals surface area contributed by atoms with Crippen LogP contribution in [0, 0.1) is 0 Å². The first-order valence-electron chi connectivity index (χ1n) is 3.99. The van der Waals surface area contributed by atoms with Crippen LogP contribution in [-0.4, -0.2) is 38.8 Å². The van der Waals surface area contributed by atoms with Crippen molar-refractivity contribution < 1.29 is 22.7 Å². The van der Waals surface area contributed by atoms with E-state index in [1.165, 1.54) is 0 Å². The number of carbonyl (C=O) groups is 1. The van der Waals surface area contributed by atoms with Crippen molar-refractivity contribution >= 4 is 16.4 Å². The molecule has 82 valence electrons. The summed E-state index contributed by atoms with van der Waals surface area (Å²) >= 11 is 0. The molecule has 1 unspecified atom stereocenters. The highest BCUT2D eigenvalue weighted by Gasteiger charge is 2.34. The van der Waals surface area contributed by atoms with Gasteiger partial charge in [-0.05, 0) is 6.42 Å². The summed E-state index contributed by atoms with van der Waals surface area (Å²) in [6.45, 7) is 0.264. The SMILES string of the molecule is COC(=O)OC1CCCN1S(N)(=O)=O. The first kappa shape index (κ1) is 11.2. The Morgan fingerprint density at radius 2 is 2.21 bits per heavy atom. The zero-order chi connectivity index (χ0) is 10.8. The summed E-state index contributed by atoms with van der Waals surface area (Å²) in [6.07, 6.45) is -0.702. The lowest BCUT2D eigenvalue weighted by Gasteiger charge is -2.20. The Labute approximate surface area is 81.9 Å². The maximum atomic E-state index is 11.0. The van der Waals surface area contributed by atoms with E-state index in [2.05, 4.69) is 4.74 Å². The molecule has 0 radical (unpaired) electrons. The molecule has 1 aliphatic rings. The number of rotatable bonds is 2. The molecule has 1 heterocycles. The molecule has 0 aromatic rings. The number of ether oxygens (including phenoxy) is 2. The highest BCUT2D eigenvalue weighted by atomic mass is 32.2. The van der Waals surface area contributed by atoms with Gasteiger partial charge in [0, 0.05) is 13.0 Å². The summed E-state index contributed by atoms with van der Waals surface area (Å²) in [5.74, 6) is 0. The molecule has 1 saturated heterocycles. The summed E-state index contributed by atoms with van der Waals surface area (Å²) in [4.78, 5) is 10.7. The van der Waals surface area contributed by atoms with E-state index in [-0.39, 0.29) is 6.54 Å². The van der Waals surface area contributed by atoms with E-state index < -0.39 is 22.6 Å². The fourth-order valence-corrected chi connectivity index (χ4v) is 2.14. The number of nitrogens with two attached hydrogens (primary N) is 1. The monoisotopic (exact) mass is 224 g/mol. The highest BCUT2D eigenvalue weighted by Crippen LogP contribution is 2.20. The van der Waals surface area contributed by atoms with Crippen LogP contribution in [0.5, 0.6) is 0 Å². The molecule has 1 fully saturated rings. The minimum Gasteiger partial charge on any atom is -0.438 e. The molecule has 2 N–H and O–H groups in total. The van der Waals surface area contributed by atoms with Gasteiger partial charge < -0.3 is 9.47 Å². The van der Waals surface area contributed by atoms with Gasteiger partial charge in [0.25, 0.3) is 10.2 Å². The van der Waals surface area contributed by atoms with Crippen molar-refractivity contribution in [3.05, 3.63) is 0 Å². The number of methoxy groups -OCH3 is 1. The van der Waals surface area contributed by atoms with Crippen molar-refractivity contribution in [1.82, 2.24) is 4.31 Å². The summed E-state index contributed by atoms with van der Waals surface area (Å²) < 4.78 is 31.9. The molecule has 1 atom stereocenters. The average Bonchev–Trinajstić information content (AvgIpc) is 2.51. The minimum absolute atomic E-state index is 0.264. The zero-order valence-corrected chi connectivity index (χ0v) is 8.49. The van der Waals surface area contributed by atoms with Crippen LogP contribution in [0.15, 0.2) is 0 Å². The molecule has 14 heavy (non-hydrogen) atoms. The van der Waals surface area contributed by atoms with E-state index in [4.69, 9.17) is 9.88 Å². The van der Waals surface area contributed by atoms with Crippen molar-refractivity contribution in [2.75, 3.05) is 13.7 Å². The lowest BCUT2D eigenvalue weighted by molar-refractivity contribution is 0.00595. The fraction of sp³-hybridized carbons (Fsp3) is 0.833. The molecule has 1 aliphatic heterocycles. The number of nitrogens with zero attached hydrogens (tertiary/aromatic N) is 1. The molecule has 0 saturated carbocycles. The highest BCUT2D eigenvalue weighted by molar-refractivity contribution is 7.86. The van der Waals surface area contributed by atoms with Crippen LogP contribution < -0.4 is 5.14 Å². The summed E-state index contributed by atoms with van der Waals surface area (Å²) in [6, 6.07) is 0. The lowest BCUT2D eigenvalue weighted by Crippen LogP contribution is -2.42. The molecular weight excluding hydrogens is 212 g/mol. The maximum Gasteiger partial charge on any atom is 0.509 e. The van der Waals surface area contributed by atoms with E-state index in [9.17, 15) is 13.2 Å². The Morgan fingerprint density at radius 3 is 2.71 bits per heavy atom. The van der Waals surface area contributed by atoms with Gasteiger partial charge in [-0.25, -0.2) is 9.93 Å². The Hall–Kier alpha value is -0.860. The quantitative estimate of drug-likeness (QED) is 0.631. The van der Waals surface area contributed by atoms with Gasteiger partial charge in [-0.1, -0.05) is 0 Å². The van der Waals surface area contributed by atoms with Crippen LogP contribution in [0.2, 0.25) is 0 Å². The van der Waals surface area contributed by atoms with E-state index in [0.717, 1.165) is 11.4 Å². The van der Waals surface area contributed by atoms with Gasteiger partial charge in [0.05, 0.1) is 7.11 Å². The first-order chi connectivity index (χ1) is 6.45. The van der Waals surface area contributed by atoms with Gasteiger partial charge in [0.1, 0.15) is 0 Å². The number of carbonyl (C=O) groups excluding carboxylic acids is 1. The molecule has 0 bridgehead atoms. The van der Waals surface area contributed by atoms with Gasteiger partial charge in [0.15, 0.2) is 6.23 Å². The second kappa shape index (κ2) is 4.11. The second-order valence-corrected chi connectivity index (χ2v) is 4.32. The number of hydrogen-bond acceptors (Lipinski definition) is 5. The van der Waals surface area contributed by atoms with Crippen molar-refractivity contribution in [1.29, 1.82) is 0 Å². The first-order valence-corrected chi connectivity index (χ1v) is 5.49. The Kier molecular flexibility index (Phi) is 3.29. The van der Waals surface area contributed by atoms with Gasteiger partial charge >= 0.3 is 6.16 Å². The normalized spacial score (nSPS) is 23.4. The largest absolute Gasteiger partial charge is 0.509 e. The van der Waals surface area contributed by atoms with Gasteiger partial charge in [-0.15, -0.1) is 0 Å². The van der Waals surface area contributed by atoms with Crippen LogP contribution in [-0.2, 0) is 19.7 Å². The van der Waals surface area contributed by atoms with E-state index in [1.54, 1.807) is 0 Å². The standard InChI is InChI=1S/C6H12N2O5S/c1-12-6(9)13-5-3-2-4-8(5)14(7,10)11/h5H,2-4H2,1H3,(H2,7,10,11). The maximum absolute atomic E-state index is 11.0. The fourth-order valence-electron chi connectivity index (χ4n) is 1.28. The zero-order valence-electron chi connectivity index (χ0n) is 7.67. The van der Waals surface area contributed by atoms with Crippen molar-refractivity contribution in [3.63, 3.8) is 0 Å². The van der Waals surface area contributed by atoms with Crippen LogP contribution in [0.1, 0.15) is 12.8 Å². The molecular formula is C6H12N2O5S. The molecule has 0 aliphatic carbocycles. The molecule has 8 heteroatoms. The average molecular weight is 224 g/mol. The molecule has 0 amide bonds. The Balaban J connectivity index is 2.65. The smallest absolute Gasteiger partial charge is 0.438 e. The molecule has 1 rings (SSSR count). The van der Waals surface area contributed by atoms with Crippen LogP contribution in [0.25, 0.3) is 0 Å². The topological polar surface area (TPSA) is 98.9 Å². The molecule has 0 aromatic heterocycles. The van der Waals surface area contributed by atoms with Crippen LogP contribution in [0.4, 0.5) is 4.79 Å². The Morgan fingerprint density at radius 1 is 1.57 bits per heavy atom. The van der Waals surface area contributed by atoms with Gasteiger partial charge in [-0.3, -0.25) is 0 Å². The summed E-state index contributed by atoms with van der Waals surface area (Å²) in [5.41, 5.74) is 0. The third-order valence-corrected chi connectivity index (χ3v) is 2.95. The molecule has 7 nitrogen and oxygen atoms in total. The van der Waals surface area contributed by atoms with E-state index in [0.29, 0.717) is 12.8 Å². The van der Waals surface area contributed by atoms with Crippen molar-refractivity contribution in [3.8, 4) is 0 Å². The summed E-state index contributed by atoms with van der Waals surface area (Å²) in [7, 11) is -2.65. The Bertz CT molecular complexity index is 314. The molecule has 0 aromatic carbocycles. The van der Waals surface area contributed by atoms with Crippen LogP contribution >= 0.6 is 0 Å². The summed E-state index contributed by atoms with van der Waals surface area (Å²) in [5, 5.41) is 4.91. The van der Waals surface area contributed by atoms with Crippen LogP contribution in [0.3, 0.4) is 0 Å². The molecule has 0 spiro atoms.